The molecule has 0 radical (unpaired) electrons. The molecule has 0 saturated heterocycles. The van der Waals surface area contributed by atoms with Crippen molar-refractivity contribution in [1.29, 1.82) is 0 Å². The predicted octanol–water partition coefficient (Wildman–Crippen LogP) is 14.8. The third kappa shape index (κ3) is 15.1. The number of aryl methyl sites for hydroxylation is 2. The fourth-order valence-electron chi connectivity index (χ4n) is 8.48. The highest BCUT2D eigenvalue weighted by molar-refractivity contribution is 5.86. The number of fused-ring (bicyclic) bond motifs is 2. The van der Waals surface area contributed by atoms with Crippen LogP contribution in [0.3, 0.4) is 0 Å². The zero-order chi connectivity index (χ0) is 46.5. The average molecular weight is 865 g/mol. The minimum Gasteiger partial charge on any atom is -0.504 e. The van der Waals surface area contributed by atoms with E-state index in [9.17, 15) is 14.7 Å². The molecule has 8 nitrogen and oxygen atoms in total. The van der Waals surface area contributed by atoms with Crippen LogP contribution in [-0.2, 0) is 22.4 Å². The van der Waals surface area contributed by atoms with E-state index in [-0.39, 0.29) is 17.0 Å². The lowest BCUT2D eigenvalue weighted by atomic mass is 9.86. The maximum atomic E-state index is 11.5. The lowest BCUT2D eigenvalue weighted by molar-refractivity contribution is -0.133. The van der Waals surface area contributed by atoms with E-state index in [4.69, 9.17) is 24.4 Å². The monoisotopic (exact) mass is 865 g/mol. The molecule has 2 aliphatic rings. The van der Waals surface area contributed by atoms with Gasteiger partial charge in [0.1, 0.15) is 28.5 Å². The van der Waals surface area contributed by atoms with Crippen LogP contribution < -0.4 is 14.2 Å². The molecule has 2 aliphatic heterocycles. The van der Waals surface area contributed by atoms with Gasteiger partial charge in [-0.3, -0.25) is 0 Å². The number of allylic oxidation sites excluding steroid dienone is 10. The van der Waals surface area contributed by atoms with E-state index >= 15 is 0 Å². The largest absolute Gasteiger partial charge is 0.504 e. The Bertz CT molecular complexity index is 2160. The Morgan fingerprint density at radius 3 is 1.52 bits per heavy atom. The molecule has 0 saturated carbocycles. The van der Waals surface area contributed by atoms with Crippen molar-refractivity contribution in [3.05, 3.63) is 110 Å². The highest BCUT2D eigenvalue weighted by atomic mass is 16.5. The van der Waals surface area contributed by atoms with Gasteiger partial charge >= 0.3 is 11.9 Å². The van der Waals surface area contributed by atoms with Gasteiger partial charge in [-0.2, -0.15) is 0 Å². The van der Waals surface area contributed by atoms with Crippen LogP contribution in [0.4, 0.5) is 0 Å². The van der Waals surface area contributed by atoms with E-state index < -0.39 is 11.9 Å². The first-order chi connectivity index (χ1) is 29.7. The van der Waals surface area contributed by atoms with Crippen LogP contribution in [0.15, 0.2) is 82.0 Å². The third-order valence-electron chi connectivity index (χ3n) is 13.1. The minimum atomic E-state index is -0.855. The number of phenols is 1. The van der Waals surface area contributed by atoms with E-state index in [0.717, 1.165) is 142 Å². The Morgan fingerprint density at radius 2 is 1.05 bits per heavy atom. The standard InChI is InChI=1S/C55H76O8/c1-36(22-14-26-40(5)52(57)58)18-12-20-38(3)24-16-30-54(10)32-28-45-35-46(34-42(7)49(45)62-54)61-51-47-29-33-55(11,63-50(47)44(9)43(8)48(51)56)31-17-25-39(4)21-13-19-37(2)23-15-27-41(6)53(59)60/h18-19,24-27,34-35,56H,12-17,20-23,28-33H2,1-11H3,(H,57,58)(H,59,60)/b36-18+,37-19+,38-24+,39-25+,40-26+,41-27+/t54-,55-/m1/s1. The number of phenolic OH excluding ortho intramolecular Hbond substituents is 1. The van der Waals surface area contributed by atoms with E-state index in [1.807, 2.05) is 19.9 Å². The van der Waals surface area contributed by atoms with Crippen molar-refractivity contribution < 1.29 is 39.1 Å². The summed E-state index contributed by atoms with van der Waals surface area (Å²) in [6.45, 7) is 22.3. The summed E-state index contributed by atoms with van der Waals surface area (Å²) in [6.07, 6.45) is 27.0. The number of carboxylic acid groups (broad SMARTS) is 2. The summed E-state index contributed by atoms with van der Waals surface area (Å²) in [7, 11) is 0. The molecule has 0 unspecified atom stereocenters. The quantitative estimate of drug-likeness (QED) is 0.0790. The van der Waals surface area contributed by atoms with Gasteiger partial charge in [-0.05, 0) is 208 Å². The second-order valence-corrected chi connectivity index (χ2v) is 19.0. The molecule has 2 atom stereocenters. The van der Waals surface area contributed by atoms with Crippen LogP contribution in [0.25, 0.3) is 0 Å². The Morgan fingerprint density at radius 1 is 0.619 bits per heavy atom. The molecular formula is C55H76O8. The van der Waals surface area contributed by atoms with Crippen LogP contribution in [-0.4, -0.2) is 38.5 Å². The number of hydrogen-bond acceptors (Lipinski definition) is 6. The molecule has 63 heavy (non-hydrogen) atoms. The van der Waals surface area contributed by atoms with Crippen LogP contribution in [0.2, 0.25) is 0 Å². The summed E-state index contributed by atoms with van der Waals surface area (Å²) >= 11 is 0. The maximum Gasteiger partial charge on any atom is 0.330 e. The van der Waals surface area contributed by atoms with Crippen LogP contribution in [0, 0.1) is 20.8 Å². The van der Waals surface area contributed by atoms with Crippen molar-refractivity contribution >= 4 is 11.9 Å². The van der Waals surface area contributed by atoms with Gasteiger partial charge in [0, 0.05) is 22.3 Å². The van der Waals surface area contributed by atoms with Gasteiger partial charge in [-0.1, -0.05) is 58.7 Å². The Hall–Kier alpha value is -4.98. The summed E-state index contributed by atoms with van der Waals surface area (Å²) in [5, 5.41) is 29.6. The molecule has 3 N–H and O–H groups in total. The fourth-order valence-corrected chi connectivity index (χ4v) is 8.48. The SMILES string of the molecule is C/C(=C\CC/C(C)=C/CC[C@]1(C)CCc2cc(Oc3c(O)c(C)c(C)c4c3CC[C@@](C)(CC/C=C(\C)CC/C=C(\C)CC/C=C(\C)C(=O)O)O4)cc(C)c2O1)CC/C=C(\C)C(=O)O. The van der Waals surface area contributed by atoms with Gasteiger partial charge < -0.3 is 29.5 Å². The highest BCUT2D eigenvalue weighted by Gasteiger charge is 2.36. The molecule has 0 aromatic heterocycles. The molecule has 0 bridgehead atoms. The second kappa shape index (κ2) is 23.1. The number of aliphatic carboxylic acids is 2. The molecule has 0 fully saturated rings. The normalized spacial score (nSPS) is 19.9. The average Bonchev–Trinajstić information content (AvgIpc) is 3.21. The van der Waals surface area contributed by atoms with Crippen molar-refractivity contribution in [3.63, 3.8) is 0 Å². The summed E-state index contributed by atoms with van der Waals surface area (Å²) < 4.78 is 20.2. The van der Waals surface area contributed by atoms with Crippen molar-refractivity contribution in [1.82, 2.24) is 0 Å². The van der Waals surface area contributed by atoms with Gasteiger partial charge in [-0.25, -0.2) is 9.59 Å². The zero-order valence-corrected chi connectivity index (χ0v) is 40.3. The zero-order valence-electron chi connectivity index (χ0n) is 40.3. The van der Waals surface area contributed by atoms with Crippen molar-refractivity contribution in [3.8, 4) is 28.7 Å². The topological polar surface area (TPSA) is 123 Å². The molecule has 0 amide bonds. The summed E-state index contributed by atoms with van der Waals surface area (Å²) in [5.41, 5.74) is 10.3. The van der Waals surface area contributed by atoms with E-state index in [1.54, 1.807) is 26.0 Å². The number of rotatable bonds is 22. The first-order valence-electron chi connectivity index (χ1n) is 23.2. The van der Waals surface area contributed by atoms with Gasteiger partial charge in [0.2, 0.25) is 0 Å². The van der Waals surface area contributed by atoms with Crippen molar-refractivity contribution in [2.75, 3.05) is 0 Å². The molecule has 344 valence electrons. The minimum absolute atomic E-state index is 0.169. The van der Waals surface area contributed by atoms with Crippen LogP contribution in [0.1, 0.15) is 173 Å². The number of carbonyl (C=O) groups is 2. The summed E-state index contributed by atoms with van der Waals surface area (Å²) in [4.78, 5) is 22.0. The lowest BCUT2D eigenvalue weighted by Crippen LogP contribution is -2.36. The second-order valence-electron chi connectivity index (χ2n) is 19.0. The fraction of sp³-hybridized carbons (Fsp3) is 0.527. The number of benzene rings is 2. The van der Waals surface area contributed by atoms with Gasteiger partial charge in [0.15, 0.2) is 11.5 Å². The molecule has 2 heterocycles. The summed E-state index contributed by atoms with van der Waals surface area (Å²) in [5.74, 6) is 1.40. The third-order valence-corrected chi connectivity index (χ3v) is 13.1. The molecule has 0 spiro atoms. The Balaban J connectivity index is 1.33. The Kier molecular flexibility index (Phi) is 18.6. The number of ether oxygens (including phenoxy) is 3. The maximum absolute atomic E-state index is 11.5. The number of hydrogen-bond donors (Lipinski definition) is 3. The van der Waals surface area contributed by atoms with Crippen LogP contribution >= 0.6 is 0 Å². The van der Waals surface area contributed by atoms with E-state index in [2.05, 4.69) is 78.8 Å². The molecule has 2 aromatic rings. The summed E-state index contributed by atoms with van der Waals surface area (Å²) in [6, 6.07) is 4.10. The highest BCUT2D eigenvalue weighted by Crippen LogP contribution is 2.50. The van der Waals surface area contributed by atoms with E-state index in [1.165, 1.54) is 22.3 Å². The van der Waals surface area contributed by atoms with Gasteiger partial charge in [0.25, 0.3) is 0 Å². The van der Waals surface area contributed by atoms with Gasteiger partial charge in [-0.15, -0.1) is 0 Å². The van der Waals surface area contributed by atoms with Crippen LogP contribution in [0.5, 0.6) is 28.7 Å². The first kappa shape index (κ1) is 50.7. The Labute approximate surface area is 378 Å². The number of carboxylic acids is 2. The van der Waals surface area contributed by atoms with E-state index in [0.29, 0.717) is 22.6 Å². The number of aromatic hydroxyl groups is 1. The first-order valence-corrected chi connectivity index (χ1v) is 23.2. The molecule has 0 aliphatic carbocycles. The molecule has 4 rings (SSSR count). The van der Waals surface area contributed by atoms with Gasteiger partial charge in [0.05, 0.1) is 0 Å². The lowest BCUT2D eigenvalue weighted by Gasteiger charge is -2.38. The smallest absolute Gasteiger partial charge is 0.330 e. The molecule has 2 aromatic carbocycles. The molecule has 8 heteroatoms. The van der Waals surface area contributed by atoms with Crippen molar-refractivity contribution in [2.45, 2.75) is 190 Å². The predicted molar refractivity (Wildman–Crippen MR) is 257 cm³/mol. The van der Waals surface area contributed by atoms with Crippen molar-refractivity contribution in [2.24, 2.45) is 0 Å². The molecular weight excluding hydrogens is 789 g/mol.